The second-order valence-electron chi connectivity index (χ2n) is 5.85. The van der Waals surface area contributed by atoms with Crippen LogP contribution in [0.1, 0.15) is 11.1 Å². The standard InChI is InChI=1S/C20H12F5NO.2ClH.Zr/c1-10-7-12(11-5-3-2-4-6-11)8-13(20(10)27)9-26-19-17(24)15(22)14(21)16(23)18(19)25;;;/h2-9,27H,1H3;2*1H;/q;;;+2/p-2. The quantitative estimate of drug-likeness (QED) is 0.163. The van der Waals surface area contributed by atoms with Gasteiger partial charge in [0.1, 0.15) is 11.4 Å². The van der Waals surface area contributed by atoms with E-state index in [1.165, 1.54) is 6.07 Å². The van der Waals surface area contributed by atoms with E-state index in [9.17, 15) is 27.1 Å². The average molecular weight is 539 g/mol. The molecule has 30 heavy (non-hydrogen) atoms. The molecule has 0 aromatic heterocycles. The molecule has 0 aliphatic rings. The fourth-order valence-electron chi connectivity index (χ4n) is 2.54. The molecule has 3 rings (SSSR count). The third kappa shape index (κ3) is 5.48. The topological polar surface area (TPSA) is 32.6 Å². The SMILES string of the molecule is Cc1cc(-c2ccccc2)cc(C=Nc2c(F)c(F)c(F)c(F)c2F)c1O.[Cl][Zr][Cl]. The number of phenols is 1. The molecule has 0 unspecified atom stereocenters. The fourth-order valence-corrected chi connectivity index (χ4v) is 2.54. The van der Waals surface area contributed by atoms with Crippen molar-refractivity contribution in [3.8, 4) is 16.9 Å². The third-order valence-electron chi connectivity index (χ3n) is 3.96. The number of nitrogens with zero attached hydrogens (tertiary/aromatic N) is 1. The van der Waals surface area contributed by atoms with E-state index in [2.05, 4.69) is 4.99 Å². The first-order chi connectivity index (χ1) is 14.2. The Morgan fingerprint density at radius 1 is 0.833 bits per heavy atom. The Bertz CT molecular complexity index is 1050. The number of halogens is 7. The second-order valence-corrected chi connectivity index (χ2v) is 9.58. The van der Waals surface area contributed by atoms with Crippen LogP contribution in [-0.2, 0) is 20.8 Å². The number of hydrogen-bond acceptors (Lipinski definition) is 2. The second kappa shape index (κ2) is 11.0. The zero-order valence-electron chi connectivity index (χ0n) is 15.2. The zero-order valence-corrected chi connectivity index (χ0v) is 19.1. The van der Waals surface area contributed by atoms with Crippen LogP contribution < -0.4 is 0 Å². The van der Waals surface area contributed by atoms with Gasteiger partial charge < -0.3 is 5.11 Å². The summed E-state index contributed by atoms with van der Waals surface area (Å²) in [5, 5.41) is 10.2. The van der Waals surface area contributed by atoms with Gasteiger partial charge in [-0.3, -0.25) is 0 Å². The number of aliphatic imine (C=N–C) groups is 1. The summed E-state index contributed by atoms with van der Waals surface area (Å²) in [6.45, 7) is 1.61. The van der Waals surface area contributed by atoms with Gasteiger partial charge in [0, 0.05) is 11.8 Å². The maximum atomic E-state index is 13.7. The molecule has 2 nitrogen and oxygen atoms in total. The molecule has 0 bridgehead atoms. The number of phenolic OH excluding ortho intramolecular Hbond substituents is 1. The molecule has 10 heteroatoms. The van der Waals surface area contributed by atoms with E-state index in [0.29, 0.717) is 11.1 Å². The summed E-state index contributed by atoms with van der Waals surface area (Å²) in [5.41, 5.74) is 0.692. The first-order valence-corrected chi connectivity index (χ1v) is 14.5. The van der Waals surface area contributed by atoms with Crippen LogP contribution >= 0.6 is 17.0 Å². The summed E-state index contributed by atoms with van der Waals surface area (Å²) < 4.78 is 67.1. The fraction of sp³-hybridized carbons (Fsp3) is 0.0500. The Kier molecular flexibility index (Phi) is 9.01. The number of benzene rings is 3. The normalized spacial score (nSPS) is 10.7. The first kappa shape index (κ1) is 24.5. The number of hydrogen-bond donors (Lipinski definition) is 1. The maximum absolute atomic E-state index is 13.7. The van der Waals surface area contributed by atoms with E-state index in [0.717, 1.165) is 11.8 Å². The third-order valence-corrected chi connectivity index (χ3v) is 3.96. The van der Waals surface area contributed by atoms with Gasteiger partial charge in [-0.15, -0.1) is 0 Å². The van der Waals surface area contributed by atoms with Crippen molar-refractivity contribution in [2.75, 3.05) is 0 Å². The van der Waals surface area contributed by atoms with Crippen LogP contribution in [0.5, 0.6) is 5.75 Å². The Labute approximate surface area is 187 Å². The zero-order chi connectivity index (χ0) is 22.4. The predicted molar refractivity (Wildman–Crippen MR) is 103 cm³/mol. The van der Waals surface area contributed by atoms with Crippen molar-refractivity contribution in [2.24, 2.45) is 4.99 Å². The van der Waals surface area contributed by atoms with Crippen molar-refractivity contribution < 1.29 is 47.9 Å². The molecule has 0 radical (unpaired) electrons. The van der Waals surface area contributed by atoms with Crippen LogP contribution in [0.25, 0.3) is 11.1 Å². The predicted octanol–water partition coefficient (Wildman–Crippen LogP) is 7.19. The molecule has 0 aliphatic heterocycles. The van der Waals surface area contributed by atoms with Crippen LogP contribution in [0.15, 0.2) is 47.5 Å². The summed E-state index contributed by atoms with van der Waals surface area (Å²) in [6, 6.07) is 12.3. The van der Waals surface area contributed by atoms with Crippen LogP contribution in [-0.4, -0.2) is 11.3 Å². The molecular formula is C20H12Cl2F5NOZr. The van der Waals surface area contributed by atoms with Crippen LogP contribution in [0.4, 0.5) is 27.6 Å². The average Bonchev–Trinajstić information content (AvgIpc) is 2.74. The molecule has 0 fully saturated rings. The summed E-state index contributed by atoms with van der Waals surface area (Å²) in [5.74, 6) is -10.7. The molecule has 0 atom stereocenters. The van der Waals surface area contributed by atoms with E-state index < -0.39 is 55.6 Å². The molecule has 0 aliphatic carbocycles. The number of aromatic hydroxyl groups is 1. The van der Waals surface area contributed by atoms with Gasteiger partial charge in [-0.05, 0) is 35.7 Å². The summed E-state index contributed by atoms with van der Waals surface area (Å²) in [7, 11) is 9.87. The molecule has 0 saturated carbocycles. The van der Waals surface area contributed by atoms with Gasteiger partial charge in [-0.1, -0.05) is 30.3 Å². The van der Waals surface area contributed by atoms with Gasteiger partial charge >= 0.3 is 37.9 Å². The molecule has 1 N–H and O–H groups in total. The van der Waals surface area contributed by atoms with E-state index >= 15 is 0 Å². The molecule has 0 heterocycles. The van der Waals surface area contributed by atoms with Gasteiger partial charge in [0.2, 0.25) is 5.82 Å². The summed E-state index contributed by atoms with van der Waals surface area (Å²) in [6.07, 6.45) is 0.854. The molecule has 156 valence electrons. The minimum atomic E-state index is -2.26. The molecule has 3 aromatic rings. The Hall–Kier alpha value is -1.76. The molecular weight excluding hydrogens is 527 g/mol. The Morgan fingerprint density at radius 3 is 1.87 bits per heavy atom. The monoisotopic (exact) mass is 537 g/mol. The van der Waals surface area contributed by atoms with Crippen molar-refractivity contribution in [2.45, 2.75) is 6.92 Å². The molecule has 0 saturated heterocycles. The van der Waals surface area contributed by atoms with Gasteiger partial charge in [0.05, 0.1) is 0 Å². The Morgan fingerprint density at radius 2 is 1.33 bits per heavy atom. The summed E-state index contributed by atoms with van der Waals surface area (Å²) >= 11 is -0.826. The van der Waals surface area contributed by atoms with Crippen LogP contribution in [0, 0.1) is 36.0 Å². The molecule has 0 amide bonds. The Balaban J connectivity index is 0.00000101. The van der Waals surface area contributed by atoms with E-state index in [1.54, 1.807) is 25.1 Å². The van der Waals surface area contributed by atoms with Crippen LogP contribution in [0.2, 0.25) is 0 Å². The number of rotatable bonds is 3. The number of aryl methyl sites for hydroxylation is 1. The van der Waals surface area contributed by atoms with Gasteiger partial charge in [-0.2, -0.15) is 0 Å². The van der Waals surface area contributed by atoms with Gasteiger partial charge in [0.25, 0.3) is 0 Å². The minimum absolute atomic E-state index is 0.0674. The van der Waals surface area contributed by atoms with E-state index in [1.807, 2.05) is 18.2 Å². The van der Waals surface area contributed by atoms with E-state index in [4.69, 9.17) is 17.0 Å². The van der Waals surface area contributed by atoms with Crippen molar-refractivity contribution in [3.05, 3.63) is 82.7 Å². The van der Waals surface area contributed by atoms with Crippen molar-refractivity contribution >= 4 is 28.9 Å². The van der Waals surface area contributed by atoms with Crippen molar-refractivity contribution in [3.63, 3.8) is 0 Å². The molecule has 0 spiro atoms. The van der Waals surface area contributed by atoms with E-state index in [-0.39, 0.29) is 11.3 Å². The molecule has 3 aromatic carbocycles. The first-order valence-electron chi connectivity index (χ1n) is 8.13. The van der Waals surface area contributed by atoms with Crippen LogP contribution in [0.3, 0.4) is 0 Å². The van der Waals surface area contributed by atoms with Gasteiger partial charge in [0.15, 0.2) is 23.3 Å². The van der Waals surface area contributed by atoms with Crippen molar-refractivity contribution in [1.29, 1.82) is 0 Å². The van der Waals surface area contributed by atoms with Gasteiger partial charge in [-0.25, -0.2) is 26.9 Å². The van der Waals surface area contributed by atoms with Crippen molar-refractivity contribution in [1.82, 2.24) is 0 Å². The summed E-state index contributed by atoms with van der Waals surface area (Å²) in [4.78, 5) is 3.39.